The van der Waals surface area contributed by atoms with Crippen LogP contribution in [0.3, 0.4) is 0 Å². The summed E-state index contributed by atoms with van der Waals surface area (Å²) in [4.78, 5) is 18.7. The highest BCUT2D eigenvalue weighted by atomic mass is 16.5. The second kappa shape index (κ2) is 4.48. The third kappa shape index (κ3) is 2.46. The Morgan fingerprint density at radius 2 is 2.23 bits per heavy atom. The summed E-state index contributed by atoms with van der Waals surface area (Å²) in [6.45, 7) is -0.0885. The summed E-state index contributed by atoms with van der Waals surface area (Å²) >= 11 is 0. The summed E-state index contributed by atoms with van der Waals surface area (Å²) in [5.41, 5.74) is 0. The van der Waals surface area contributed by atoms with E-state index in [1.54, 1.807) is 6.07 Å². The SMILES string of the molecule is COCC(=O)N(N)c1ncccn1. The fraction of sp³-hybridized carbons (Fsp3) is 0.286. The number of hydrogen-bond donors (Lipinski definition) is 1. The number of hydrogen-bond acceptors (Lipinski definition) is 5. The van der Waals surface area contributed by atoms with Gasteiger partial charge in [0, 0.05) is 19.5 Å². The zero-order valence-corrected chi connectivity index (χ0v) is 7.17. The Hall–Kier alpha value is -1.53. The van der Waals surface area contributed by atoms with Gasteiger partial charge in [-0.05, 0) is 6.07 Å². The van der Waals surface area contributed by atoms with Crippen molar-refractivity contribution in [3.05, 3.63) is 18.5 Å². The number of ether oxygens (including phenoxy) is 1. The fourth-order valence-corrected chi connectivity index (χ4v) is 0.720. The number of hydrazine groups is 1. The summed E-state index contributed by atoms with van der Waals surface area (Å²) in [7, 11) is 1.41. The van der Waals surface area contributed by atoms with E-state index in [9.17, 15) is 4.79 Å². The third-order valence-corrected chi connectivity index (χ3v) is 1.30. The molecule has 6 nitrogen and oxygen atoms in total. The lowest BCUT2D eigenvalue weighted by atomic mass is 10.6. The van der Waals surface area contributed by atoms with Gasteiger partial charge in [0.15, 0.2) is 0 Å². The van der Waals surface area contributed by atoms with Gasteiger partial charge in [-0.2, -0.15) is 0 Å². The van der Waals surface area contributed by atoms with E-state index >= 15 is 0 Å². The summed E-state index contributed by atoms with van der Waals surface area (Å²) in [6.07, 6.45) is 3.00. The molecule has 0 aliphatic heterocycles. The molecule has 0 aromatic carbocycles. The van der Waals surface area contributed by atoms with E-state index in [2.05, 4.69) is 14.7 Å². The number of methoxy groups -OCH3 is 1. The molecule has 0 unspecified atom stereocenters. The molecule has 0 bridgehead atoms. The molecule has 1 amide bonds. The van der Waals surface area contributed by atoms with Crippen LogP contribution in [0.5, 0.6) is 0 Å². The molecule has 0 fully saturated rings. The molecular formula is C7H10N4O2. The highest BCUT2D eigenvalue weighted by Crippen LogP contribution is 1.99. The van der Waals surface area contributed by atoms with Crippen LogP contribution < -0.4 is 10.9 Å². The van der Waals surface area contributed by atoms with E-state index in [0.29, 0.717) is 0 Å². The molecule has 0 radical (unpaired) electrons. The highest BCUT2D eigenvalue weighted by Gasteiger charge is 2.12. The molecule has 1 rings (SSSR count). The lowest BCUT2D eigenvalue weighted by Crippen LogP contribution is -2.40. The van der Waals surface area contributed by atoms with Crippen molar-refractivity contribution in [3.8, 4) is 0 Å². The van der Waals surface area contributed by atoms with Crippen molar-refractivity contribution < 1.29 is 9.53 Å². The minimum absolute atomic E-state index is 0.0885. The Morgan fingerprint density at radius 1 is 1.62 bits per heavy atom. The predicted octanol–water partition coefficient (Wildman–Crippen LogP) is -0.670. The largest absolute Gasteiger partial charge is 0.375 e. The van der Waals surface area contributed by atoms with Gasteiger partial charge in [0.2, 0.25) is 5.95 Å². The zero-order chi connectivity index (χ0) is 9.68. The van der Waals surface area contributed by atoms with Crippen molar-refractivity contribution in [1.29, 1.82) is 0 Å². The predicted molar refractivity (Wildman–Crippen MR) is 45.6 cm³/mol. The molecule has 0 saturated heterocycles. The number of carbonyl (C=O) groups excluding carboxylic acids is 1. The lowest BCUT2D eigenvalue weighted by molar-refractivity contribution is -0.122. The Balaban J connectivity index is 2.68. The van der Waals surface area contributed by atoms with Gasteiger partial charge in [-0.3, -0.25) is 4.79 Å². The van der Waals surface area contributed by atoms with Gasteiger partial charge >= 0.3 is 0 Å². The number of anilines is 1. The van der Waals surface area contributed by atoms with E-state index in [4.69, 9.17) is 5.84 Å². The molecule has 0 saturated carbocycles. The van der Waals surface area contributed by atoms with E-state index in [1.807, 2.05) is 0 Å². The Kier molecular flexibility index (Phi) is 3.30. The minimum Gasteiger partial charge on any atom is -0.375 e. The van der Waals surface area contributed by atoms with Crippen molar-refractivity contribution in [2.24, 2.45) is 5.84 Å². The first-order valence-corrected chi connectivity index (χ1v) is 3.59. The van der Waals surface area contributed by atoms with Gasteiger partial charge in [0.25, 0.3) is 5.91 Å². The van der Waals surface area contributed by atoms with E-state index in [-0.39, 0.29) is 12.6 Å². The van der Waals surface area contributed by atoms with E-state index in [1.165, 1.54) is 19.5 Å². The maximum atomic E-state index is 11.1. The molecule has 1 heterocycles. The van der Waals surface area contributed by atoms with E-state index < -0.39 is 5.91 Å². The van der Waals surface area contributed by atoms with Crippen LogP contribution in [0, 0.1) is 0 Å². The molecule has 6 heteroatoms. The fourth-order valence-electron chi connectivity index (χ4n) is 0.720. The van der Waals surface area contributed by atoms with Gasteiger partial charge in [-0.1, -0.05) is 0 Å². The van der Waals surface area contributed by atoms with Crippen LogP contribution in [0.25, 0.3) is 0 Å². The quantitative estimate of drug-likeness (QED) is 0.381. The molecule has 1 aromatic heterocycles. The monoisotopic (exact) mass is 182 g/mol. The average Bonchev–Trinajstić information content (AvgIpc) is 2.18. The number of rotatable bonds is 3. The first-order valence-electron chi connectivity index (χ1n) is 3.59. The first kappa shape index (κ1) is 9.56. The van der Waals surface area contributed by atoms with Crippen LogP contribution >= 0.6 is 0 Å². The highest BCUT2D eigenvalue weighted by molar-refractivity contribution is 5.91. The van der Waals surface area contributed by atoms with Crippen LogP contribution in [0.1, 0.15) is 0 Å². The summed E-state index contributed by atoms with van der Waals surface area (Å²) in [6, 6.07) is 1.64. The van der Waals surface area contributed by atoms with Gasteiger partial charge in [-0.15, -0.1) is 0 Å². The van der Waals surface area contributed by atoms with Crippen LogP contribution in [0.4, 0.5) is 5.95 Å². The van der Waals surface area contributed by atoms with Gasteiger partial charge < -0.3 is 4.74 Å². The number of nitrogens with zero attached hydrogens (tertiary/aromatic N) is 3. The smallest absolute Gasteiger partial charge is 0.269 e. The van der Waals surface area contributed by atoms with Crippen molar-refractivity contribution in [2.75, 3.05) is 18.7 Å². The van der Waals surface area contributed by atoms with Crippen molar-refractivity contribution in [1.82, 2.24) is 9.97 Å². The topological polar surface area (TPSA) is 81.3 Å². The molecule has 0 spiro atoms. The number of amides is 1. The van der Waals surface area contributed by atoms with Crippen molar-refractivity contribution in [2.45, 2.75) is 0 Å². The second-order valence-corrected chi connectivity index (χ2v) is 2.25. The Morgan fingerprint density at radius 3 is 2.77 bits per heavy atom. The first-order chi connectivity index (χ1) is 6.25. The zero-order valence-electron chi connectivity index (χ0n) is 7.17. The number of carbonyl (C=O) groups is 1. The molecule has 1 aromatic rings. The normalized spacial score (nSPS) is 9.69. The maximum absolute atomic E-state index is 11.1. The summed E-state index contributed by atoms with van der Waals surface area (Å²) < 4.78 is 4.62. The molecule has 70 valence electrons. The molecule has 2 N–H and O–H groups in total. The standard InChI is InChI=1S/C7H10N4O2/c1-13-5-6(12)11(8)7-9-3-2-4-10-7/h2-4H,5,8H2,1H3. The molecule has 13 heavy (non-hydrogen) atoms. The maximum Gasteiger partial charge on any atom is 0.269 e. The van der Waals surface area contributed by atoms with E-state index in [0.717, 1.165) is 5.01 Å². The van der Waals surface area contributed by atoms with Crippen LogP contribution in [-0.2, 0) is 9.53 Å². The molecule has 0 aliphatic carbocycles. The second-order valence-electron chi connectivity index (χ2n) is 2.25. The number of aromatic nitrogens is 2. The van der Waals surface area contributed by atoms with Crippen LogP contribution in [-0.4, -0.2) is 29.6 Å². The summed E-state index contributed by atoms with van der Waals surface area (Å²) in [5, 5.41) is 0.851. The van der Waals surface area contributed by atoms with Crippen molar-refractivity contribution >= 4 is 11.9 Å². The van der Waals surface area contributed by atoms with Gasteiger partial charge in [-0.25, -0.2) is 20.8 Å². The molecule has 0 aliphatic rings. The molecular weight excluding hydrogens is 172 g/mol. The number of nitrogens with two attached hydrogens (primary N) is 1. The lowest BCUT2D eigenvalue weighted by Gasteiger charge is -2.12. The minimum atomic E-state index is -0.395. The van der Waals surface area contributed by atoms with Crippen molar-refractivity contribution in [3.63, 3.8) is 0 Å². The molecule has 0 atom stereocenters. The van der Waals surface area contributed by atoms with Crippen LogP contribution in [0.15, 0.2) is 18.5 Å². The Bertz CT molecular complexity index is 277. The third-order valence-electron chi connectivity index (χ3n) is 1.30. The average molecular weight is 182 g/mol. The van der Waals surface area contributed by atoms with Crippen LogP contribution in [0.2, 0.25) is 0 Å². The van der Waals surface area contributed by atoms with Gasteiger partial charge in [0.1, 0.15) is 6.61 Å². The Labute approximate surface area is 75.3 Å². The van der Waals surface area contributed by atoms with Gasteiger partial charge in [0.05, 0.1) is 0 Å². The summed E-state index contributed by atoms with van der Waals surface area (Å²) in [5.74, 6) is 5.17.